The first-order valence-electron chi connectivity index (χ1n) is 6.96. The average molecular weight is 301 g/mol. The molecule has 0 fully saturated rings. The van der Waals surface area contributed by atoms with E-state index >= 15 is 0 Å². The van der Waals surface area contributed by atoms with E-state index < -0.39 is 5.91 Å². The van der Waals surface area contributed by atoms with Crippen molar-refractivity contribution in [1.82, 2.24) is 5.32 Å². The molecule has 1 aromatic rings. The maximum Gasteiger partial charge on any atom is 0.290 e. The summed E-state index contributed by atoms with van der Waals surface area (Å²) in [6, 6.07) is 7.23. The van der Waals surface area contributed by atoms with Gasteiger partial charge in [-0.1, -0.05) is 31.9 Å². The number of ether oxygens (including phenoxy) is 1. The highest BCUT2D eigenvalue weighted by molar-refractivity contribution is 6.01. The van der Waals surface area contributed by atoms with E-state index in [4.69, 9.17) is 10.5 Å². The van der Waals surface area contributed by atoms with E-state index in [2.05, 4.69) is 30.4 Å². The summed E-state index contributed by atoms with van der Waals surface area (Å²) in [4.78, 5) is 12.0. The van der Waals surface area contributed by atoms with Crippen LogP contribution < -0.4 is 16.4 Å². The Balaban J connectivity index is 2.52. The minimum atomic E-state index is -0.428. The van der Waals surface area contributed by atoms with Crippen LogP contribution in [0.4, 0.5) is 5.69 Å². The van der Waals surface area contributed by atoms with Gasteiger partial charge >= 0.3 is 0 Å². The Morgan fingerprint density at radius 3 is 2.36 bits per heavy atom. The van der Waals surface area contributed by atoms with Crippen molar-refractivity contribution in [3.8, 4) is 0 Å². The summed E-state index contributed by atoms with van der Waals surface area (Å²) in [5, 5.41) is 5.70. The fourth-order valence-corrected chi connectivity index (χ4v) is 1.61. The Kier molecular flexibility index (Phi) is 7.08. The van der Waals surface area contributed by atoms with Gasteiger partial charge in [-0.2, -0.15) is 0 Å². The number of hydrogen-bond donors (Lipinski definition) is 3. The molecular weight excluding hydrogens is 278 g/mol. The summed E-state index contributed by atoms with van der Waals surface area (Å²) < 4.78 is 5.34. The zero-order valence-corrected chi connectivity index (χ0v) is 12.9. The molecule has 5 nitrogen and oxygen atoms in total. The third kappa shape index (κ3) is 5.55. The summed E-state index contributed by atoms with van der Waals surface area (Å²) in [6.07, 6.45) is 0.685. The van der Waals surface area contributed by atoms with Crippen molar-refractivity contribution in [3.63, 3.8) is 0 Å². The molecule has 22 heavy (non-hydrogen) atoms. The zero-order chi connectivity index (χ0) is 16.5. The molecule has 0 atom stereocenters. The lowest BCUT2D eigenvalue weighted by molar-refractivity contribution is -0.115. The topological polar surface area (TPSA) is 76.4 Å². The average Bonchev–Trinajstić information content (AvgIpc) is 2.52. The van der Waals surface area contributed by atoms with Gasteiger partial charge in [0.2, 0.25) is 0 Å². The molecule has 0 radical (unpaired) electrons. The summed E-state index contributed by atoms with van der Waals surface area (Å²) >= 11 is 0. The largest absolute Gasteiger partial charge is 0.453 e. The molecule has 0 bridgehead atoms. The van der Waals surface area contributed by atoms with E-state index in [9.17, 15) is 4.79 Å². The van der Waals surface area contributed by atoms with Gasteiger partial charge in [0, 0.05) is 12.2 Å². The van der Waals surface area contributed by atoms with Crippen molar-refractivity contribution in [2.24, 2.45) is 5.73 Å². The van der Waals surface area contributed by atoms with Gasteiger partial charge in [-0.3, -0.25) is 4.79 Å². The summed E-state index contributed by atoms with van der Waals surface area (Å²) in [7, 11) is 1.85. The Morgan fingerprint density at radius 2 is 1.82 bits per heavy atom. The van der Waals surface area contributed by atoms with Gasteiger partial charge in [0.15, 0.2) is 5.76 Å². The molecule has 5 heteroatoms. The maximum absolute atomic E-state index is 12.0. The molecule has 0 saturated heterocycles. The van der Waals surface area contributed by atoms with Crippen molar-refractivity contribution in [2.45, 2.75) is 13.0 Å². The molecule has 0 aliphatic rings. The molecule has 118 valence electrons. The number of nitrogens with one attached hydrogen (secondary N) is 2. The van der Waals surface area contributed by atoms with Gasteiger partial charge in [-0.25, -0.2) is 0 Å². The van der Waals surface area contributed by atoms with Crippen LogP contribution in [0.3, 0.4) is 0 Å². The molecule has 0 unspecified atom stereocenters. The lowest BCUT2D eigenvalue weighted by atomic mass is 10.2. The standard InChI is InChI=1S/C17H23N3O2/c1-12(9-10-19-4)13(2)22-14(3)17(21)20-16-7-5-15(11-18)6-8-16/h5-8,19H,1-3,9-11,18H2,4H3,(H,20,21). The first-order chi connectivity index (χ1) is 10.5. The van der Waals surface area contributed by atoms with Crippen molar-refractivity contribution >= 4 is 11.6 Å². The van der Waals surface area contributed by atoms with Crippen LogP contribution in [0.5, 0.6) is 0 Å². The van der Waals surface area contributed by atoms with Crippen LogP contribution in [0.25, 0.3) is 0 Å². The predicted molar refractivity (Wildman–Crippen MR) is 90.0 cm³/mol. The van der Waals surface area contributed by atoms with E-state index in [1.165, 1.54) is 0 Å². The SMILES string of the molecule is C=C(CCNC)C(=C)OC(=C)C(=O)Nc1ccc(CN)cc1. The fraction of sp³-hybridized carbons (Fsp3) is 0.235. The van der Waals surface area contributed by atoms with Gasteiger partial charge in [0.25, 0.3) is 5.91 Å². The minimum Gasteiger partial charge on any atom is -0.453 e. The molecule has 4 N–H and O–H groups in total. The first kappa shape index (κ1) is 17.7. The molecule has 0 spiro atoms. The number of carbonyl (C=O) groups is 1. The van der Waals surface area contributed by atoms with Crippen LogP contribution in [-0.4, -0.2) is 19.5 Å². The lowest BCUT2D eigenvalue weighted by Crippen LogP contribution is -2.16. The van der Waals surface area contributed by atoms with Gasteiger partial charge in [-0.05, 0) is 43.3 Å². The third-order valence-electron chi connectivity index (χ3n) is 3.02. The number of hydrogen-bond acceptors (Lipinski definition) is 4. The van der Waals surface area contributed by atoms with Crippen molar-refractivity contribution in [1.29, 1.82) is 0 Å². The highest BCUT2D eigenvalue weighted by Gasteiger charge is 2.12. The molecule has 1 aromatic carbocycles. The van der Waals surface area contributed by atoms with E-state index in [1.807, 2.05) is 19.2 Å². The van der Waals surface area contributed by atoms with Crippen molar-refractivity contribution in [3.05, 3.63) is 66.7 Å². The van der Waals surface area contributed by atoms with Crippen LogP contribution in [0.15, 0.2) is 61.1 Å². The number of benzene rings is 1. The summed E-state index contributed by atoms with van der Waals surface area (Å²) in [5.41, 5.74) is 7.87. The molecule has 0 saturated carbocycles. The normalized spacial score (nSPS) is 9.91. The molecular formula is C17H23N3O2. The second-order valence-corrected chi connectivity index (χ2v) is 4.76. The number of anilines is 1. The fourth-order valence-electron chi connectivity index (χ4n) is 1.61. The summed E-state index contributed by atoms with van der Waals surface area (Å²) in [5.74, 6) is -0.115. The van der Waals surface area contributed by atoms with Crippen LogP contribution >= 0.6 is 0 Å². The smallest absolute Gasteiger partial charge is 0.290 e. The van der Waals surface area contributed by atoms with Gasteiger partial charge in [0.1, 0.15) is 5.76 Å². The highest BCUT2D eigenvalue weighted by atomic mass is 16.5. The van der Waals surface area contributed by atoms with Crippen molar-refractivity contribution in [2.75, 3.05) is 18.9 Å². The van der Waals surface area contributed by atoms with Crippen LogP contribution in [0, 0.1) is 0 Å². The van der Waals surface area contributed by atoms with E-state index in [1.54, 1.807) is 12.1 Å². The molecule has 1 amide bonds. The Hall–Kier alpha value is -2.37. The third-order valence-corrected chi connectivity index (χ3v) is 3.02. The van der Waals surface area contributed by atoms with Crippen LogP contribution in [0.2, 0.25) is 0 Å². The second-order valence-electron chi connectivity index (χ2n) is 4.76. The Morgan fingerprint density at radius 1 is 1.18 bits per heavy atom. The molecule has 1 rings (SSSR count). The quantitative estimate of drug-likeness (QED) is 0.371. The number of nitrogens with two attached hydrogens (primary N) is 1. The van der Waals surface area contributed by atoms with Crippen molar-refractivity contribution < 1.29 is 9.53 Å². The Labute approximate surface area is 131 Å². The van der Waals surface area contributed by atoms with Gasteiger partial charge in [0.05, 0.1) is 0 Å². The second kappa shape index (κ2) is 8.81. The van der Waals surface area contributed by atoms with E-state index in [0.717, 1.165) is 17.7 Å². The lowest BCUT2D eigenvalue weighted by Gasteiger charge is -2.13. The predicted octanol–water partition coefficient (Wildman–Crippen LogP) is 2.29. The number of carbonyl (C=O) groups excluding carboxylic acids is 1. The van der Waals surface area contributed by atoms with E-state index in [0.29, 0.717) is 24.4 Å². The number of amides is 1. The van der Waals surface area contributed by atoms with Crippen LogP contribution in [0.1, 0.15) is 12.0 Å². The molecule has 0 aromatic heterocycles. The zero-order valence-electron chi connectivity index (χ0n) is 12.9. The van der Waals surface area contributed by atoms with Crippen LogP contribution in [-0.2, 0) is 16.1 Å². The summed E-state index contributed by atoms with van der Waals surface area (Å²) in [6.45, 7) is 12.4. The van der Waals surface area contributed by atoms with Gasteiger partial charge in [-0.15, -0.1) is 0 Å². The van der Waals surface area contributed by atoms with Gasteiger partial charge < -0.3 is 21.1 Å². The first-order valence-corrected chi connectivity index (χ1v) is 6.96. The van der Waals surface area contributed by atoms with E-state index in [-0.39, 0.29) is 5.76 Å². The minimum absolute atomic E-state index is 0.0292. The highest BCUT2D eigenvalue weighted by Crippen LogP contribution is 2.16. The molecule has 0 heterocycles. The maximum atomic E-state index is 12.0. The monoisotopic (exact) mass is 301 g/mol. The number of allylic oxidation sites excluding steroid dienone is 1. The number of rotatable bonds is 9. The molecule has 0 aliphatic heterocycles. The molecule has 0 aliphatic carbocycles. The Bertz CT molecular complexity index is 562.